The lowest BCUT2D eigenvalue weighted by atomic mass is 10.3. The van der Waals surface area contributed by atoms with Gasteiger partial charge in [-0.25, -0.2) is 8.42 Å². The molecule has 0 aliphatic heterocycles. The Bertz CT molecular complexity index is 1040. The van der Waals surface area contributed by atoms with Crippen molar-refractivity contribution in [3.05, 3.63) is 83.1 Å². The third-order valence-electron chi connectivity index (χ3n) is 3.82. The third-order valence-corrected chi connectivity index (χ3v) is 6.44. The predicted molar refractivity (Wildman–Crippen MR) is 110 cm³/mol. The first kappa shape index (κ1) is 18.9. The number of hydrogen-bond acceptors (Lipinski definition) is 4. The number of carbonyl (C=O) groups excluding carboxylic acids is 1. The van der Waals surface area contributed by atoms with E-state index in [0.29, 0.717) is 11.4 Å². The van der Waals surface area contributed by atoms with Crippen molar-refractivity contribution in [1.29, 1.82) is 0 Å². The molecule has 0 bridgehead atoms. The van der Waals surface area contributed by atoms with E-state index in [4.69, 9.17) is 0 Å². The summed E-state index contributed by atoms with van der Waals surface area (Å²) in [6, 6.07) is 18.8. The fraction of sp³-hybridized carbons (Fsp3) is 0.0500. The van der Waals surface area contributed by atoms with Gasteiger partial charge in [0.05, 0.1) is 10.6 Å². The molecule has 0 fully saturated rings. The van der Waals surface area contributed by atoms with Crippen molar-refractivity contribution < 1.29 is 13.2 Å². The molecule has 0 saturated heterocycles. The number of nitrogens with one attached hydrogen (secondary N) is 1. The molecule has 0 saturated carbocycles. The fourth-order valence-corrected chi connectivity index (χ4v) is 4.26. The molecule has 1 aromatic heterocycles. The van der Waals surface area contributed by atoms with E-state index >= 15 is 0 Å². The van der Waals surface area contributed by atoms with E-state index in [1.165, 1.54) is 40.9 Å². The van der Waals surface area contributed by atoms with Crippen LogP contribution in [0.5, 0.6) is 0 Å². The summed E-state index contributed by atoms with van der Waals surface area (Å²) < 4.78 is 26.9. The van der Waals surface area contributed by atoms with Crippen molar-refractivity contribution in [1.82, 2.24) is 0 Å². The molecule has 3 aromatic rings. The molecular formula is C20H18N2O3S2. The van der Waals surface area contributed by atoms with Crippen molar-refractivity contribution >= 4 is 44.7 Å². The van der Waals surface area contributed by atoms with E-state index < -0.39 is 10.0 Å². The van der Waals surface area contributed by atoms with E-state index in [9.17, 15) is 13.2 Å². The minimum atomic E-state index is -3.73. The summed E-state index contributed by atoms with van der Waals surface area (Å²) in [5.41, 5.74) is 0.976. The largest absolute Gasteiger partial charge is 0.322 e. The number of amides is 1. The van der Waals surface area contributed by atoms with E-state index in [1.807, 2.05) is 23.6 Å². The van der Waals surface area contributed by atoms with Gasteiger partial charge >= 0.3 is 0 Å². The molecule has 0 unspecified atom stereocenters. The number of benzene rings is 2. The normalized spacial score (nSPS) is 11.4. The standard InChI is InChI=1S/C20H18N2O3S2/c1-22(17-8-3-2-4-9-17)27(24,25)19-11-5-7-16(15-19)21-20(23)13-12-18-10-6-14-26-18/h2-15H,1H3,(H,21,23)/b13-12+. The van der Waals surface area contributed by atoms with Crippen molar-refractivity contribution in [2.24, 2.45) is 0 Å². The number of nitrogens with zero attached hydrogens (tertiary/aromatic N) is 1. The maximum atomic E-state index is 12.9. The van der Waals surface area contributed by atoms with Gasteiger partial charge in [-0.05, 0) is 47.9 Å². The summed E-state index contributed by atoms with van der Waals surface area (Å²) in [5.74, 6) is -0.325. The highest BCUT2D eigenvalue weighted by atomic mass is 32.2. The van der Waals surface area contributed by atoms with Gasteiger partial charge in [-0.15, -0.1) is 11.3 Å². The first-order chi connectivity index (χ1) is 13.0. The van der Waals surface area contributed by atoms with Crippen LogP contribution in [0, 0.1) is 0 Å². The highest BCUT2D eigenvalue weighted by Crippen LogP contribution is 2.23. The van der Waals surface area contributed by atoms with Crippen LogP contribution < -0.4 is 9.62 Å². The van der Waals surface area contributed by atoms with Gasteiger partial charge in [0.1, 0.15) is 0 Å². The second-order valence-corrected chi connectivity index (χ2v) is 8.62. The molecule has 0 atom stereocenters. The zero-order valence-corrected chi connectivity index (χ0v) is 16.2. The van der Waals surface area contributed by atoms with Crippen molar-refractivity contribution in [2.45, 2.75) is 4.90 Å². The second-order valence-electron chi connectivity index (χ2n) is 5.67. The summed E-state index contributed by atoms with van der Waals surface area (Å²) in [6.07, 6.45) is 3.13. The van der Waals surface area contributed by atoms with Gasteiger partial charge in [0.2, 0.25) is 5.91 Å². The lowest BCUT2D eigenvalue weighted by Gasteiger charge is -2.19. The van der Waals surface area contributed by atoms with Crippen LogP contribution >= 0.6 is 11.3 Å². The second kappa shape index (κ2) is 8.20. The number of thiophene rings is 1. The maximum Gasteiger partial charge on any atom is 0.264 e. The average Bonchev–Trinajstić information content (AvgIpc) is 3.20. The molecule has 27 heavy (non-hydrogen) atoms. The van der Waals surface area contributed by atoms with Crippen LogP contribution in [0.4, 0.5) is 11.4 Å². The number of rotatable bonds is 6. The quantitative estimate of drug-likeness (QED) is 0.632. The molecule has 138 valence electrons. The summed E-state index contributed by atoms with van der Waals surface area (Å²) in [5, 5.41) is 4.62. The van der Waals surface area contributed by atoms with Crippen LogP contribution in [0.2, 0.25) is 0 Å². The smallest absolute Gasteiger partial charge is 0.264 e. The van der Waals surface area contributed by atoms with Crippen LogP contribution in [0.25, 0.3) is 6.08 Å². The SMILES string of the molecule is CN(c1ccccc1)S(=O)(=O)c1cccc(NC(=O)/C=C/c2cccs2)c1. The highest BCUT2D eigenvalue weighted by molar-refractivity contribution is 7.92. The van der Waals surface area contributed by atoms with Crippen molar-refractivity contribution in [3.8, 4) is 0 Å². The number of sulfonamides is 1. The van der Waals surface area contributed by atoms with E-state index in [0.717, 1.165) is 4.88 Å². The Labute approximate surface area is 162 Å². The highest BCUT2D eigenvalue weighted by Gasteiger charge is 2.21. The van der Waals surface area contributed by atoms with Gasteiger partial charge in [0.25, 0.3) is 10.0 Å². The van der Waals surface area contributed by atoms with Crippen LogP contribution in [0.3, 0.4) is 0 Å². The molecular weight excluding hydrogens is 380 g/mol. The van der Waals surface area contributed by atoms with Gasteiger partial charge in [-0.2, -0.15) is 0 Å². The molecule has 3 rings (SSSR count). The maximum absolute atomic E-state index is 12.9. The number of hydrogen-bond donors (Lipinski definition) is 1. The minimum Gasteiger partial charge on any atom is -0.322 e. The number of para-hydroxylation sites is 1. The Morgan fingerprint density at radius 2 is 1.81 bits per heavy atom. The first-order valence-corrected chi connectivity index (χ1v) is 10.5. The monoisotopic (exact) mass is 398 g/mol. The molecule has 1 amide bonds. The molecule has 0 spiro atoms. The van der Waals surface area contributed by atoms with Crippen LogP contribution in [-0.4, -0.2) is 21.4 Å². The van der Waals surface area contributed by atoms with Gasteiger partial charge < -0.3 is 5.32 Å². The summed E-state index contributed by atoms with van der Waals surface area (Å²) >= 11 is 1.53. The van der Waals surface area contributed by atoms with Crippen LogP contribution in [0.1, 0.15) is 4.88 Å². The van der Waals surface area contributed by atoms with Gasteiger partial charge in [-0.3, -0.25) is 9.10 Å². The first-order valence-electron chi connectivity index (χ1n) is 8.13. The lowest BCUT2D eigenvalue weighted by Crippen LogP contribution is -2.26. The molecule has 0 aliphatic carbocycles. The lowest BCUT2D eigenvalue weighted by molar-refractivity contribution is -0.111. The van der Waals surface area contributed by atoms with E-state index in [2.05, 4.69) is 5.32 Å². The molecule has 7 heteroatoms. The predicted octanol–water partition coefficient (Wildman–Crippen LogP) is 4.23. The summed E-state index contributed by atoms with van der Waals surface area (Å²) in [6.45, 7) is 0. The Kier molecular flexibility index (Phi) is 5.73. The van der Waals surface area contributed by atoms with Gasteiger partial charge in [0.15, 0.2) is 0 Å². The van der Waals surface area contributed by atoms with Crippen LogP contribution in [0.15, 0.2) is 83.1 Å². The number of anilines is 2. The molecule has 0 radical (unpaired) electrons. The van der Waals surface area contributed by atoms with Gasteiger partial charge in [-0.1, -0.05) is 30.3 Å². The fourth-order valence-electron chi connectivity index (χ4n) is 2.40. The van der Waals surface area contributed by atoms with Gasteiger partial charge in [0, 0.05) is 23.7 Å². The summed E-state index contributed by atoms with van der Waals surface area (Å²) in [4.78, 5) is 13.1. The van der Waals surface area contributed by atoms with E-state index in [1.54, 1.807) is 42.5 Å². The summed E-state index contributed by atoms with van der Waals surface area (Å²) in [7, 11) is -2.23. The zero-order valence-electron chi connectivity index (χ0n) is 14.6. The molecule has 1 heterocycles. The molecule has 2 aromatic carbocycles. The third kappa shape index (κ3) is 4.64. The van der Waals surface area contributed by atoms with Crippen molar-refractivity contribution in [2.75, 3.05) is 16.7 Å². The Morgan fingerprint density at radius 1 is 1.04 bits per heavy atom. The zero-order chi connectivity index (χ0) is 19.3. The van der Waals surface area contributed by atoms with Crippen LogP contribution in [-0.2, 0) is 14.8 Å². The average molecular weight is 399 g/mol. The Morgan fingerprint density at radius 3 is 2.52 bits per heavy atom. The Balaban J connectivity index is 1.77. The van der Waals surface area contributed by atoms with E-state index in [-0.39, 0.29) is 10.8 Å². The molecule has 5 nitrogen and oxygen atoms in total. The van der Waals surface area contributed by atoms with Crippen molar-refractivity contribution in [3.63, 3.8) is 0 Å². The molecule has 0 aliphatic rings. The topological polar surface area (TPSA) is 66.5 Å². The molecule has 1 N–H and O–H groups in total. The Hall–Kier alpha value is -2.90. The minimum absolute atomic E-state index is 0.105. The number of carbonyl (C=O) groups is 1.